The summed E-state index contributed by atoms with van der Waals surface area (Å²) in [6.07, 6.45) is 0. The number of nitrogens with two attached hydrogens (primary N) is 1. The van der Waals surface area contributed by atoms with Crippen LogP contribution in [-0.2, 0) is 16.6 Å². The summed E-state index contributed by atoms with van der Waals surface area (Å²) in [5, 5.41) is 1.81. The fraction of sp³-hybridized carbons (Fsp3) is 0.286. The van der Waals surface area contributed by atoms with Crippen LogP contribution in [0.2, 0.25) is 0 Å². The molecule has 21 heavy (non-hydrogen) atoms. The summed E-state index contributed by atoms with van der Waals surface area (Å²) in [4.78, 5) is 0.956. The third kappa shape index (κ3) is 2.76. The molecule has 0 amide bonds. The van der Waals surface area contributed by atoms with E-state index in [4.69, 9.17) is 10.5 Å². The van der Waals surface area contributed by atoms with Gasteiger partial charge < -0.3 is 10.5 Å². The third-order valence-electron chi connectivity index (χ3n) is 3.22. The van der Waals surface area contributed by atoms with Crippen LogP contribution >= 0.6 is 11.3 Å². The molecule has 0 saturated heterocycles. The normalized spacial score (nSPS) is 11.4. The molecule has 0 aliphatic rings. The van der Waals surface area contributed by atoms with Gasteiger partial charge in [0.15, 0.2) is 0 Å². The molecule has 7 heteroatoms. The van der Waals surface area contributed by atoms with Gasteiger partial charge in [-0.3, -0.25) is 4.31 Å². The molecule has 0 aliphatic carbocycles. The zero-order valence-corrected chi connectivity index (χ0v) is 13.8. The molecule has 2 rings (SSSR count). The summed E-state index contributed by atoms with van der Waals surface area (Å²) < 4.78 is 32.2. The summed E-state index contributed by atoms with van der Waals surface area (Å²) in [6.45, 7) is 1.98. The van der Waals surface area contributed by atoms with Crippen molar-refractivity contribution < 1.29 is 13.2 Å². The van der Waals surface area contributed by atoms with E-state index in [2.05, 4.69) is 0 Å². The standard InChI is InChI=1S/C14H18N2O3S2/c1-10-9-20-13(8-15)14(10)21(17,18)16(2)11-6-4-5-7-12(11)19-3/h4-7,9H,8,15H2,1-3H3. The Hall–Kier alpha value is -1.57. The fourth-order valence-electron chi connectivity index (χ4n) is 2.13. The van der Waals surface area contributed by atoms with Crippen LogP contribution in [0.15, 0.2) is 34.5 Å². The molecule has 0 unspecified atom stereocenters. The first-order valence-corrected chi connectivity index (χ1v) is 8.64. The monoisotopic (exact) mass is 326 g/mol. The average molecular weight is 326 g/mol. The molecule has 0 atom stereocenters. The van der Waals surface area contributed by atoms with Crippen molar-refractivity contribution in [2.75, 3.05) is 18.5 Å². The van der Waals surface area contributed by atoms with E-state index in [0.717, 1.165) is 0 Å². The molecule has 2 N–H and O–H groups in total. The maximum Gasteiger partial charge on any atom is 0.265 e. The molecule has 5 nitrogen and oxygen atoms in total. The first-order valence-electron chi connectivity index (χ1n) is 6.32. The number of benzene rings is 1. The lowest BCUT2D eigenvalue weighted by Gasteiger charge is -2.22. The Kier molecular flexibility index (Phi) is 4.55. The predicted molar refractivity (Wildman–Crippen MR) is 85.5 cm³/mol. The van der Waals surface area contributed by atoms with Gasteiger partial charge in [-0.05, 0) is 30.0 Å². The highest BCUT2D eigenvalue weighted by molar-refractivity contribution is 7.93. The summed E-state index contributed by atoms with van der Waals surface area (Å²) in [6, 6.07) is 7.00. The smallest absolute Gasteiger partial charge is 0.265 e. The molecule has 1 aromatic carbocycles. The first kappa shape index (κ1) is 15.8. The molecular formula is C14H18N2O3S2. The Labute approximate surface area is 129 Å². The number of para-hydroxylation sites is 2. The maximum atomic E-state index is 12.9. The molecule has 0 bridgehead atoms. The second-order valence-electron chi connectivity index (χ2n) is 4.52. The van der Waals surface area contributed by atoms with Crippen molar-refractivity contribution in [3.63, 3.8) is 0 Å². The highest BCUT2D eigenvalue weighted by Crippen LogP contribution is 2.34. The first-order chi connectivity index (χ1) is 9.93. The van der Waals surface area contributed by atoms with Gasteiger partial charge in [0.1, 0.15) is 10.6 Å². The van der Waals surface area contributed by atoms with Gasteiger partial charge >= 0.3 is 0 Å². The molecule has 2 aromatic rings. The molecule has 0 radical (unpaired) electrons. The minimum Gasteiger partial charge on any atom is -0.495 e. The molecule has 114 valence electrons. The number of hydrogen-bond acceptors (Lipinski definition) is 5. The van der Waals surface area contributed by atoms with Crippen LogP contribution in [0.1, 0.15) is 10.4 Å². The van der Waals surface area contributed by atoms with Crippen molar-refractivity contribution in [2.24, 2.45) is 5.73 Å². The van der Waals surface area contributed by atoms with Crippen molar-refractivity contribution in [3.8, 4) is 5.75 Å². The quantitative estimate of drug-likeness (QED) is 0.915. The van der Waals surface area contributed by atoms with Crippen LogP contribution in [0, 0.1) is 6.92 Å². The highest BCUT2D eigenvalue weighted by Gasteiger charge is 2.28. The van der Waals surface area contributed by atoms with Crippen LogP contribution in [0.25, 0.3) is 0 Å². The number of methoxy groups -OCH3 is 1. The summed E-state index contributed by atoms with van der Waals surface area (Å²) in [5.74, 6) is 0.505. The van der Waals surface area contributed by atoms with Crippen molar-refractivity contribution in [2.45, 2.75) is 18.4 Å². The van der Waals surface area contributed by atoms with Gasteiger partial charge in [-0.15, -0.1) is 11.3 Å². The van der Waals surface area contributed by atoms with E-state index in [-0.39, 0.29) is 6.54 Å². The van der Waals surface area contributed by atoms with E-state index in [0.29, 0.717) is 26.8 Å². The Morgan fingerprint density at radius 1 is 1.33 bits per heavy atom. The number of thiophene rings is 1. The molecule has 1 aromatic heterocycles. The number of aryl methyl sites for hydroxylation is 1. The lowest BCUT2D eigenvalue weighted by Crippen LogP contribution is -2.28. The van der Waals surface area contributed by atoms with Gasteiger partial charge in [0.05, 0.1) is 12.8 Å². The SMILES string of the molecule is COc1ccccc1N(C)S(=O)(=O)c1c(C)csc1CN. The second-order valence-corrected chi connectivity index (χ2v) is 7.39. The summed E-state index contributed by atoms with van der Waals surface area (Å²) in [7, 11) is -0.638. The number of ether oxygens (including phenoxy) is 1. The lowest BCUT2D eigenvalue weighted by molar-refractivity contribution is 0.416. The third-order valence-corrected chi connectivity index (χ3v) is 6.48. The van der Waals surface area contributed by atoms with Gasteiger partial charge in [0.25, 0.3) is 10.0 Å². The van der Waals surface area contributed by atoms with Crippen LogP contribution < -0.4 is 14.8 Å². The largest absolute Gasteiger partial charge is 0.495 e. The highest BCUT2D eigenvalue weighted by atomic mass is 32.2. The Morgan fingerprint density at radius 3 is 2.62 bits per heavy atom. The Bertz CT molecular complexity index is 738. The van der Waals surface area contributed by atoms with Crippen molar-refractivity contribution in [1.29, 1.82) is 0 Å². The average Bonchev–Trinajstić information content (AvgIpc) is 2.88. The summed E-state index contributed by atoms with van der Waals surface area (Å²) in [5.41, 5.74) is 6.86. The van der Waals surface area contributed by atoms with Crippen LogP contribution in [0.4, 0.5) is 5.69 Å². The van der Waals surface area contributed by atoms with Gasteiger partial charge in [0, 0.05) is 18.5 Å². The van der Waals surface area contributed by atoms with E-state index in [1.54, 1.807) is 31.2 Å². The minimum atomic E-state index is -3.67. The van der Waals surface area contributed by atoms with Gasteiger partial charge in [-0.2, -0.15) is 0 Å². The zero-order chi connectivity index (χ0) is 15.6. The van der Waals surface area contributed by atoms with E-state index in [9.17, 15) is 8.42 Å². The number of anilines is 1. The van der Waals surface area contributed by atoms with E-state index >= 15 is 0 Å². The predicted octanol–water partition coefficient (Wildman–Crippen LogP) is 2.35. The molecule has 0 aliphatic heterocycles. The Morgan fingerprint density at radius 2 is 2.00 bits per heavy atom. The topological polar surface area (TPSA) is 72.6 Å². The van der Waals surface area contributed by atoms with E-state index in [1.807, 2.05) is 5.38 Å². The molecule has 1 heterocycles. The fourth-order valence-corrected chi connectivity index (χ4v) is 4.99. The number of hydrogen-bond donors (Lipinski definition) is 1. The number of sulfonamides is 1. The van der Waals surface area contributed by atoms with Crippen molar-refractivity contribution >= 4 is 27.0 Å². The number of rotatable bonds is 5. The lowest BCUT2D eigenvalue weighted by atomic mass is 10.3. The van der Waals surface area contributed by atoms with Gasteiger partial charge in [-0.25, -0.2) is 8.42 Å². The number of nitrogens with zero attached hydrogens (tertiary/aromatic N) is 1. The molecule has 0 spiro atoms. The van der Waals surface area contributed by atoms with E-state index in [1.165, 1.54) is 29.8 Å². The van der Waals surface area contributed by atoms with Crippen LogP contribution in [0.5, 0.6) is 5.75 Å². The van der Waals surface area contributed by atoms with E-state index < -0.39 is 10.0 Å². The van der Waals surface area contributed by atoms with Crippen molar-refractivity contribution in [3.05, 3.63) is 40.1 Å². The zero-order valence-electron chi connectivity index (χ0n) is 12.2. The second kappa shape index (κ2) is 6.05. The molecular weight excluding hydrogens is 308 g/mol. The molecule has 0 saturated carbocycles. The van der Waals surface area contributed by atoms with Gasteiger partial charge in [-0.1, -0.05) is 12.1 Å². The maximum absolute atomic E-state index is 12.9. The minimum absolute atomic E-state index is 0.201. The van der Waals surface area contributed by atoms with Gasteiger partial charge in [0.2, 0.25) is 0 Å². The summed E-state index contributed by atoms with van der Waals surface area (Å²) >= 11 is 1.36. The molecule has 0 fully saturated rings. The van der Waals surface area contributed by atoms with Crippen LogP contribution in [0.3, 0.4) is 0 Å². The Balaban J connectivity index is 2.56. The van der Waals surface area contributed by atoms with Crippen molar-refractivity contribution in [1.82, 2.24) is 0 Å². The van der Waals surface area contributed by atoms with Crippen LogP contribution in [-0.4, -0.2) is 22.6 Å².